The molecule has 0 aliphatic heterocycles. The van der Waals surface area contributed by atoms with Gasteiger partial charge in [-0.2, -0.15) is 0 Å². The van der Waals surface area contributed by atoms with Crippen molar-refractivity contribution in [2.24, 2.45) is 0 Å². The van der Waals surface area contributed by atoms with Crippen molar-refractivity contribution < 1.29 is 27.9 Å². The van der Waals surface area contributed by atoms with Gasteiger partial charge in [0.25, 0.3) is 0 Å². The van der Waals surface area contributed by atoms with Crippen LogP contribution in [-0.4, -0.2) is 43.0 Å². The highest BCUT2D eigenvalue weighted by molar-refractivity contribution is 7.90. The summed E-state index contributed by atoms with van der Waals surface area (Å²) in [5.74, 6) is -2.45. The number of ether oxygens (including phenoxy) is 1. The molecular weight excluding hydrogens is 322 g/mol. The normalized spacial score (nSPS) is 13.2. The highest BCUT2D eigenvalue weighted by Gasteiger charge is 2.29. The second-order valence-electron chi connectivity index (χ2n) is 6.08. The number of carboxylic acids is 1. The van der Waals surface area contributed by atoms with Crippen LogP contribution in [-0.2, 0) is 25.1 Å². The van der Waals surface area contributed by atoms with E-state index in [0.29, 0.717) is 5.56 Å². The standard InChI is InChI=1S/C15H21NO6S/c1-15(2,3)22-14(19)16-12(13(17)18)10-23(20,21)9-11-7-5-4-6-8-11/h4-8,12H,9-10H2,1-3H3,(H,16,19)(H,17,18). The fourth-order valence-electron chi connectivity index (χ4n) is 1.77. The summed E-state index contributed by atoms with van der Waals surface area (Å²) in [6, 6.07) is 6.83. The third-order valence-electron chi connectivity index (χ3n) is 2.64. The molecule has 0 aliphatic rings. The van der Waals surface area contributed by atoms with Crippen LogP contribution in [0.1, 0.15) is 26.3 Å². The monoisotopic (exact) mass is 343 g/mol. The summed E-state index contributed by atoms with van der Waals surface area (Å²) in [4.78, 5) is 22.8. The topological polar surface area (TPSA) is 110 Å². The molecule has 0 radical (unpaired) electrons. The van der Waals surface area contributed by atoms with Crippen LogP contribution in [0.2, 0.25) is 0 Å². The Morgan fingerprint density at radius 1 is 1.22 bits per heavy atom. The van der Waals surface area contributed by atoms with E-state index in [1.54, 1.807) is 51.1 Å². The molecule has 8 heteroatoms. The third kappa shape index (κ3) is 7.64. The number of aliphatic carboxylic acids is 1. The Bertz CT molecular complexity index is 648. The zero-order chi connectivity index (χ0) is 17.7. The highest BCUT2D eigenvalue weighted by atomic mass is 32.2. The lowest BCUT2D eigenvalue weighted by atomic mass is 10.2. The van der Waals surface area contributed by atoms with E-state index in [4.69, 9.17) is 9.84 Å². The van der Waals surface area contributed by atoms with Gasteiger partial charge >= 0.3 is 12.1 Å². The number of carbonyl (C=O) groups excluding carboxylic acids is 1. The first-order valence-corrected chi connectivity index (χ1v) is 8.77. The molecule has 0 aromatic heterocycles. The Balaban J connectivity index is 2.75. The summed E-state index contributed by atoms with van der Waals surface area (Å²) in [5, 5.41) is 11.2. The number of benzene rings is 1. The van der Waals surface area contributed by atoms with Crippen molar-refractivity contribution >= 4 is 21.9 Å². The Hall–Kier alpha value is -2.09. The number of sulfone groups is 1. The number of carboxylic acid groups (broad SMARTS) is 1. The fourth-order valence-corrected chi connectivity index (χ4v) is 3.32. The van der Waals surface area contributed by atoms with Crippen LogP contribution in [0, 0.1) is 0 Å². The summed E-state index contributed by atoms with van der Waals surface area (Å²) in [5.41, 5.74) is -0.260. The van der Waals surface area contributed by atoms with Gasteiger partial charge in [-0.1, -0.05) is 30.3 Å². The largest absolute Gasteiger partial charge is 0.480 e. The molecule has 128 valence electrons. The molecule has 0 spiro atoms. The molecule has 1 rings (SSSR count). The second-order valence-corrected chi connectivity index (χ2v) is 8.19. The fraction of sp³-hybridized carbons (Fsp3) is 0.467. The molecule has 23 heavy (non-hydrogen) atoms. The van der Waals surface area contributed by atoms with Crippen molar-refractivity contribution in [2.75, 3.05) is 5.75 Å². The zero-order valence-electron chi connectivity index (χ0n) is 13.3. The van der Waals surface area contributed by atoms with Gasteiger partial charge in [-0.05, 0) is 26.3 Å². The molecule has 0 fully saturated rings. The van der Waals surface area contributed by atoms with Gasteiger partial charge in [0.15, 0.2) is 9.84 Å². The number of hydrogen-bond donors (Lipinski definition) is 2. The number of alkyl carbamates (subject to hydrolysis) is 1. The average Bonchev–Trinajstić information content (AvgIpc) is 2.35. The summed E-state index contributed by atoms with van der Waals surface area (Å²) >= 11 is 0. The molecule has 0 bridgehead atoms. The van der Waals surface area contributed by atoms with Crippen LogP contribution in [0.25, 0.3) is 0 Å². The predicted octanol–water partition coefficient (Wildman–Crippen LogP) is 1.58. The zero-order valence-corrected chi connectivity index (χ0v) is 14.1. The third-order valence-corrected chi connectivity index (χ3v) is 4.25. The van der Waals surface area contributed by atoms with Crippen molar-refractivity contribution in [1.29, 1.82) is 0 Å². The van der Waals surface area contributed by atoms with Gasteiger partial charge < -0.3 is 15.2 Å². The minimum absolute atomic E-state index is 0.298. The summed E-state index contributed by atoms with van der Waals surface area (Å²) < 4.78 is 29.2. The highest BCUT2D eigenvalue weighted by Crippen LogP contribution is 2.09. The first-order chi connectivity index (χ1) is 10.5. The smallest absolute Gasteiger partial charge is 0.408 e. The number of nitrogens with one attached hydrogen (secondary N) is 1. The molecule has 1 unspecified atom stereocenters. The number of hydrogen-bond acceptors (Lipinski definition) is 5. The SMILES string of the molecule is CC(C)(C)OC(=O)NC(CS(=O)(=O)Cc1ccccc1)C(=O)O. The maximum atomic E-state index is 12.1. The lowest BCUT2D eigenvalue weighted by molar-refractivity contribution is -0.138. The summed E-state index contributed by atoms with van der Waals surface area (Å²) in [6.45, 7) is 4.86. The van der Waals surface area contributed by atoms with Crippen LogP contribution in [0.15, 0.2) is 30.3 Å². The van der Waals surface area contributed by atoms with Gasteiger partial charge in [-0.3, -0.25) is 0 Å². The van der Waals surface area contributed by atoms with Crippen molar-refractivity contribution in [2.45, 2.75) is 38.2 Å². The lowest BCUT2D eigenvalue weighted by Gasteiger charge is -2.22. The van der Waals surface area contributed by atoms with Crippen LogP contribution < -0.4 is 5.32 Å². The van der Waals surface area contributed by atoms with Crippen LogP contribution >= 0.6 is 0 Å². The van der Waals surface area contributed by atoms with Gasteiger partial charge in [0.1, 0.15) is 11.6 Å². The van der Waals surface area contributed by atoms with E-state index in [-0.39, 0.29) is 5.75 Å². The maximum absolute atomic E-state index is 12.1. The van der Waals surface area contributed by atoms with Crippen LogP contribution in [0.3, 0.4) is 0 Å². The van der Waals surface area contributed by atoms with E-state index in [1.807, 2.05) is 0 Å². The molecule has 0 saturated carbocycles. The van der Waals surface area contributed by atoms with Crippen LogP contribution in [0.5, 0.6) is 0 Å². The van der Waals surface area contributed by atoms with E-state index in [2.05, 4.69) is 5.32 Å². The lowest BCUT2D eigenvalue weighted by Crippen LogP contribution is -2.47. The van der Waals surface area contributed by atoms with Gasteiger partial charge in [-0.15, -0.1) is 0 Å². The molecule has 2 N–H and O–H groups in total. The molecule has 1 aromatic carbocycles. The van der Waals surface area contributed by atoms with E-state index >= 15 is 0 Å². The molecular formula is C15H21NO6S. The van der Waals surface area contributed by atoms with E-state index < -0.39 is 39.3 Å². The Kier molecular flexibility index (Phi) is 6.14. The quantitative estimate of drug-likeness (QED) is 0.811. The first kappa shape index (κ1) is 19.0. The van der Waals surface area contributed by atoms with E-state index in [9.17, 15) is 18.0 Å². The minimum Gasteiger partial charge on any atom is -0.480 e. The number of carbonyl (C=O) groups is 2. The second kappa shape index (κ2) is 7.45. The average molecular weight is 343 g/mol. The molecule has 0 saturated heterocycles. The Morgan fingerprint density at radius 3 is 2.26 bits per heavy atom. The van der Waals surface area contributed by atoms with E-state index in [1.165, 1.54) is 0 Å². The van der Waals surface area contributed by atoms with Crippen molar-refractivity contribution in [3.63, 3.8) is 0 Å². The van der Waals surface area contributed by atoms with Crippen molar-refractivity contribution in [1.82, 2.24) is 5.32 Å². The number of amides is 1. The van der Waals surface area contributed by atoms with Crippen molar-refractivity contribution in [3.8, 4) is 0 Å². The number of rotatable bonds is 6. The van der Waals surface area contributed by atoms with Gasteiger partial charge in [-0.25, -0.2) is 18.0 Å². The van der Waals surface area contributed by atoms with Crippen molar-refractivity contribution in [3.05, 3.63) is 35.9 Å². The molecule has 0 aliphatic carbocycles. The van der Waals surface area contributed by atoms with Crippen LogP contribution in [0.4, 0.5) is 4.79 Å². The Morgan fingerprint density at radius 2 is 1.78 bits per heavy atom. The Labute approximate surface area is 135 Å². The van der Waals surface area contributed by atoms with E-state index in [0.717, 1.165) is 0 Å². The molecule has 7 nitrogen and oxygen atoms in total. The minimum atomic E-state index is -3.72. The summed E-state index contributed by atoms with van der Waals surface area (Å²) in [7, 11) is -3.72. The maximum Gasteiger partial charge on any atom is 0.408 e. The first-order valence-electron chi connectivity index (χ1n) is 6.95. The predicted molar refractivity (Wildman–Crippen MR) is 84.7 cm³/mol. The molecule has 0 heterocycles. The van der Waals surface area contributed by atoms with Gasteiger partial charge in [0.05, 0.1) is 11.5 Å². The molecule has 1 aromatic rings. The molecule has 1 atom stereocenters. The van der Waals surface area contributed by atoms with Gasteiger partial charge in [0, 0.05) is 0 Å². The van der Waals surface area contributed by atoms with Gasteiger partial charge in [0.2, 0.25) is 0 Å². The molecule has 1 amide bonds. The summed E-state index contributed by atoms with van der Waals surface area (Å²) in [6.07, 6.45) is -0.972.